The van der Waals surface area contributed by atoms with Crippen molar-refractivity contribution in [2.24, 2.45) is 0 Å². The number of hydrogen-bond acceptors (Lipinski definition) is 2. The van der Waals surface area contributed by atoms with Crippen LogP contribution in [0, 0.1) is 13.8 Å². The van der Waals surface area contributed by atoms with Gasteiger partial charge in [-0.25, -0.2) is 0 Å². The highest BCUT2D eigenvalue weighted by Gasteiger charge is 2.34. The van der Waals surface area contributed by atoms with Crippen LogP contribution in [-0.2, 0) is 4.79 Å². The number of nitrogens with zero attached hydrogens (tertiary/aromatic N) is 1. The lowest BCUT2D eigenvalue weighted by Gasteiger charge is -2.35. The number of piperazine rings is 1. The van der Waals surface area contributed by atoms with Crippen molar-refractivity contribution in [1.29, 1.82) is 0 Å². The minimum Gasteiger partial charge on any atom is -0.352 e. The van der Waals surface area contributed by atoms with Crippen LogP contribution in [0.3, 0.4) is 0 Å². The molecule has 1 N–H and O–H groups in total. The first-order valence-corrected chi connectivity index (χ1v) is 7.79. The highest BCUT2D eigenvalue weighted by atomic mass is 16.2. The molecule has 0 aliphatic carbocycles. The molecule has 23 heavy (non-hydrogen) atoms. The Morgan fingerprint density at radius 2 is 1.83 bits per heavy atom. The first-order valence-electron chi connectivity index (χ1n) is 7.79. The van der Waals surface area contributed by atoms with Gasteiger partial charge in [0.05, 0.1) is 0 Å². The molecule has 2 amide bonds. The van der Waals surface area contributed by atoms with Crippen molar-refractivity contribution in [3.05, 3.63) is 70.8 Å². The molecule has 3 rings (SSSR count). The molecule has 4 nitrogen and oxygen atoms in total. The van der Waals surface area contributed by atoms with Crippen molar-refractivity contribution >= 4 is 11.8 Å². The van der Waals surface area contributed by atoms with Crippen LogP contribution >= 0.6 is 0 Å². The number of hydrogen-bond donors (Lipinski definition) is 1. The quantitative estimate of drug-likeness (QED) is 0.927. The molecular weight excluding hydrogens is 288 g/mol. The number of nitrogens with one attached hydrogen (secondary N) is 1. The number of amides is 2. The maximum atomic E-state index is 12.9. The second-order valence-corrected chi connectivity index (χ2v) is 5.90. The normalized spacial score (nSPS) is 17.7. The van der Waals surface area contributed by atoms with Gasteiger partial charge in [-0.05, 0) is 42.7 Å². The van der Waals surface area contributed by atoms with E-state index in [2.05, 4.69) is 5.32 Å². The van der Waals surface area contributed by atoms with Crippen molar-refractivity contribution in [3.63, 3.8) is 0 Å². The number of carbonyl (C=O) groups excluding carboxylic acids is 2. The third-order valence-corrected chi connectivity index (χ3v) is 4.34. The van der Waals surface area contributed by atoms with Crippen LogP contribution in [0.5, 0.6) is 0 Å². The van der Waals surface area contributed by atoms with Gasteiger partial charge < -0.3 is 10.2 Å². The Morgan fingerprint density at radius 1 is 1.09 bits per heavy atom. The average Bonchev–Trinajstić information content (AvgIpc) is 2.57. The standard InChI is InChI=1S/C19H20N2O2/c1-13-8-9-16(12-14(13)2)19(23)21-11-10-20-18(22)17(21)15-6-4-3-5-7-15/h3-9,12,17H,10-11H2,1-2H3,(H,20,22). The minimum atomic E-state index is -0.570. The van der Waals surface area contributed by atoms with Gasteiger partial charge >= 0.3 is 0 Å². The van der Waals surface area contributed by atoms with Crippen LogP contribution in [0.25, 0.3) is 0 Å². The molecule has 2 aromatic rings. The molecule has 1 unspecified atom stereocenters. The molecule has 0 spiro atoms. The van der Waals surface area contributed by atoms with E-state index >= 15 is 0 Å². The Bertz CT molecular complexity index is 740. The van der Waals surface area contributed by atoms with Gasteiger partial charge in [-0.1, -0.05) is 36.4 Å². The van der Waals surface area contributed by atoms with Crippen LogP contribution in [0.2, 0.25) is 0 Å². The molecule has 1 aliphatic heterocycles. The van der Waals surface area contributed by atoms with Crippen LogP contribution in [-0.4, -0.2) is 29.8 Å². The summed E-state index contributed by atoms with van der Waals surface area (Å²) < 4.78 is 0. The van der Waals surface area contributed by atoms with Gasteiger partial charge in [-0.15, -0.1) is 0 Å². The maximum absolute atomic E-state index is 12.9. The lowest BCUT2D eigenvalue weighted by atomic mass is 10.00. The van der Waals surface area contributed by atoms with Crippen molar-refractivity contribution in [1.82, 2.24) is 10.2 Å². The molecule has 0 bridgehead atoms. The second kappa shape index (κ2) is 6.24. The van der Waals surface area contributed by atoms with Crippen LogP contribution in [0.1, 0.15) is 33.1 Å². The lowest BCUT2D eigenvalue weighted by Crippen LogP contribution is -2.52. The average molecular weight is 308 g/mol. The first-order chi connectivity index (χ1) is 11.1. The molecule has 2 aromatic carbocycles. The molecule has 1 heterocycles. The van der Waals surface area contributed by atoms with Crippen molar-refractivity contribution in [2.45, 2.75) is 19.9 Å². The third-order valence-electron chi connectivity index (χ3n) is 4.34. The lowest BCUT2D eigenvalue weighted by molar-refractivity contribution is -0.128. The van der Waals surface area contributed by atoms with E-state index in [1.807, 2.05) is 62.4 Å². The maximum Gasteiger partial charge on any atom is 0.254 e. The summed E-state index contributed by atoms with van der Waals surface area (Å²) in [4.78, 5) is 27.0. The fourth-order valence-electron chi connectivity index (χ4n) is 2.89. The smallest absolute Gasteiger partial charge is 0.254 e. The van der Waals surface area contributed by atoms with E-state index in [1.54, 1.807) is 4.90 Å². The molecule has 1 saturated heterocycles. The van der Waals surface area contributed by atoms with E-state index < -0.39 is 6.04 Å². The summed E-state index contributed by atoms with van der Waals surface area (Å²) in [5.41, 5.74) is 3.69. The summed E-state index contributed by atoms with van der Waals surface area (Å²) in [5.74, 6) is -0.226. The zero-order valence-corrected chi connectivity index (χ0v) is 13.4. The molecule has 0 aromatic heterocycles. The molecule has 118 valence electrons. The molecule has 0 saturated carbocycles. The van der Waals surface area contributed by atoms with Gasteiger partial charge in [0, 0.05) is 18.7 Å². The Morgan fingerprint density at radius 3 is 2.52 bits per heavy atom. The molecular formula is C19H20N2O2. The van der Waals surface area contributed by atoms with Gasteiger partial charge in [0.25, 0.3) is 5.91 Å². The van der Waals surface area contributed by atoms with Crippen LogP contribution in [0.4, 0.5) is 0 Å². The van der Waals surface area contributed by atoms with E-state index in [9.17, 15) is 9.59 Å². The second-order valence-electron chi connectivity index (χ2n) is 5.90. The van der Waals surface area contributed by atoms with E-state index in [-0.39, 0.29) is 11.8 Å². The number of aryl methyl sites for hydroxylation is 2. The third kappa shape index (κ3) is 2.97. The van der Waals surface area contributed by atoms with Crippen LogP contribution < -0.4 is 5.32 Å². The number of benzene rings is 2. The van der Waals surface area contributed by atoms with E-state index in [0.29, 0.717) is 18.7 Å². The summed E-state index contributed by atoms with van der Waals surface area (Å²) >= 11 is 0. The van der Waals surface area contributed by atoms with Crippen molar-refractivity contribution in [3.8, 4) is 0 Å². The zero-order valence-electron chi connectivity index (χ0n) is 13.4. The monoisotopic (exact) mass is 308 g/mol. The predicted molar refractivity (Wildman–Crippen MR) is 89.1 cm³/mol. The van der Waals surface area contributed by atoms with Crippen molar-refractivity contribution < 1.29 is 9.59 Å². The largest absolute Gasteiger partial charge is 0.352 e. The SMILES string of the molecule is Cc1ccc(C(=O)N2CCNC(=O)C2c2ccccc2)cc1C. The Kier molecular flexibility index (Phi) is 4.15. The fraction of sp³-hybridized carbons (Fsp3) is 0.263. The minimum absolute atomic E-state index is 0.100. The zero-order chi connectivity index (χ0) is 16.4. The molecule has 1 fully saturated rings. The molecule has 1 aliphatic rings. The van der Waals surface area contributed by atoms with Crippen LogP contribution in [0.15, 0.2) is 48.5 Å². The topological polar surface area (TPSA) is 49.4 Å². The van der Waals surface area contributed by atoms with E-state index in [0.717, 1.165) is 16.7 Å². The summed E-state index contributed by atoms with van der Waals surface area (Å²) in [6, 6.07) is 14.5. The Hall–Kier alpha value is -2.62. The summed E-state index contributed by atoms with van der Waals surface area (Å²) in [6.07, 6.45) is 0. The highest BCUT2D eigenvalue weighted by molar-refractivity contribution is 5.98. The summed E-state index contributed by atoms with van der Waals surface area (Å²) in [7, 11) is 0. The van der Waals surface area contributed by atoms with Gasteiger partial charge in [-0.2, -0.15) is 0 Å². The Balaban J connectivity index is 1.96. The Labute approximate surface area is 136 Å². The van der Waals surface area contributed by atoms with E-state index in [4.69, 9.17) is 0 Å². The number of rotatable bonds is 2. The highest BCUT2D eigenvalue weighted by Crippen LogP contribution is 2.25. The van der Waals surface area contributed by atoms with Gasteiger partial charge in [0.2, 0.25) is 5.91 Å². The summed E-state index contributed by atoms with van der Waals surface area (Å²) in [5, 5.41) is 2.85. The van der Waals surface area contributed by atoms with Gasteiger partial charge in [0.1, 0.15) is 6.04 Å². The molecule has 0 radical (unpaired) electrons. The predicted octanol–water partition coefficient (Wildman–Crippen LogP) is 2.62. The first kappa shape index (κ1) is 15.3. The fourth-order valence-corrected chi connectivity index (χ4v) is 2.89. The molecule has 4 heteroatoms. The van der Waals surface area contributed by atoms with Crippen molar-refractivity contribution in [2.75, 3.05) is 13.1 Å². The number of carbonyl (C=O) groups is 2. The van der Waals surface area contributed by atoms with E-state index in [1.165, 1.54) is 0 Å². The summed E-state index contributed by atoms with van der Waals surface area (Å²) in [6.45, 7) is 5.00. The van der Waals surface area contributed by atoms with Gasteiger partial charge in [0.15, 0.2) is 0 Å². The molecule has 1 atom stereocenters. The van der Waals surface area contributed by atoms with Gasteiger partial charge in [-0.3, -0.25) is 9.59 Å².